The maximum atomic E-state index is 13.6. The van der Waals surface area contributed by atoms with E-state index < -0.39 is 5.82 Å². The highest BCUT2D eigenvalue weighted by Crippen LogP contribution is 2.30. The van der Waals surface area contributed by atoms with Crippen molar-refractivity contribution in [1.82, 2.24) is 10.2 Å². The smallest absolute Gasteiger partial charge is 0.295 e. The molecule has 6 heteroatoms. The average Bonchev–Trinajstić information content (AvgIpc) is 2.88. The van der Waals surface area contributed by atoms with Gasteiger partial charge in [0, 0.05) is 5.56 Å². The first-order valence-electron chi connectivity index (χ1n) is 5.44. The molecule has 0 unspecified atom stereocenters. The van der Waals surface area contributed by atoms with Crippen LogP contribution in [0.2, 0.25) is 0 Å². The lowest BCUT2D eigenvalue weighted by Crippen LogP contribution is -1.92. The summed E-state index contributed by atoms with van der Waals surface area (Å²) in [6, 6.07) is 4.63. The van der Waals surface area contributed by atoms with Gasteiger partial charge in [0.2, 0.25) is 0 Å². The van der Waals surface area contributed by atoms with Crippen LogP contribution in [0.5, 0.6) is 10.9 Å². The molecule has 1 aromatic carbocycles. The maximum absolute atomic E-state index is 13.6. The Kier molecular flexibility index (Phi) is 4.31. The fourth-order valence-electron chi connectivity index (χ4n) is 1.35. The maximum Gasteiger partial charge on any atom is 0.295 e. The summed E-state index contributed by atoms with van der Waals surface area (Å²) in [5, 5.41) is 8.81. The number of hydrogen-bond donors (Lipinski definition) is 0. The van der Waals surface area contributed by atoms with Gasteiger partial charge in [-0.1, -0.05) is 22.4 Å². The van der Waals surface area contributed by atoms with E-state index in [0.717, 1.165) is 0 Å². The van der Waals surface area contributed by atoms with Crippen molar-refractivity contribution < 1.29 is 13.9 Å². The lowest BCUT2D eigenvalue weighted by molar-refractivity contribution is 0.364. The molecule has 0 atom stereocenters. The zero-order valence-corrected chi connectivity index (χ0v) is 11.3. The second kappa shape index (κ2) is 6.16. The zero-order chi connectivity index (χ0) is 13.7. The highest BCUT2D eigenvalue weighted by molar-refractivity contribution is 7.16. The third kappa shape index (κ3) is 3.20. The van der Waals surface area contributed by atoms with Crippen LogP contribution in [0.15, 0.2) is 18.2 Å². The van der Waals surface area contributed by atoms with E-state index in [1.165, 1.54) is 24.5 Å². The molecule has 0 radical (unpaired) electrons. The number of ether oxygens (including phenoxy) is 2. The van der Waals surface area contributed by atoms with E-state index >= 15 is 0 Å². The van der Waals surface area contributed by atoms with Gasteiger partial charge in [-0.2, -0.15) is 0 Å². The molecule has 1 aromatic heterocycles. The SMILES string of the molecule is CC#CCOc1nnc(-c2ccc(OC)c(F)c2)s1. The molecule has 0 aliphatic heterocycles. The number of methoxy groups -OCH3 is 1. The largest absolute Gasteiger partial charge is 0.494 e. The van der Waals surface area contributed by atoms with Crippen LogP contribution in [0.4, 0.5) is 4.39 Å². The van der Waals surface area contributed by atoms with Crippen molar-refractivity contribution in [1.29, 1.82) is 0 Å². The lowest BCUT2D eigenvalue weighted by atomic mass is 10.2. The van der Waals surface area contributed by atoms with E-state index in [9.17, 15) is 4.39 Å². The Bertz CT molecular complexity index is 631. The van der Waals surface area contributed by atoms with Gasteiger partial charge in [-0.25, -0.2) is 4.39 Å². The van der Waals surface area contributed by atoms with Gasteiger partial charge in [-0.3, -0.25) is 0 Å². The predicted molar refractivity (Wildman–Crippen MR) is 70.8 cm³/mol. The van der Waals surface area contributed by atoms with Gasteiger partial charge in [0.25, 0.3) is 5.19 Å². The summed E-state index contributed by atoms with van der Waals surface area (Å²) in [6.07, 6.45) is 0. The minimum atomic E-state index is -0.436. The molecule has 0 saturated heterocycles. The van der Waals surface area contributed by atoms with E-state index in [2.05, 4.69) is 22.0 Å². The van der Waals surface area contributed by atoms with Crippen LogP contribution in [0.3, 0.4) is 0 Å². The first-order chi connectivity index (χ1) is 9.24. The molecule has 0 amide bonds. The first kappa shape index (κ1) is 13.3. The summed E-state index contributed by atoms with van der Waals surface area (Å²) in [6.45, 7) is 2.00. The topological polar surface area (TPSA) is 44.2 Å². The van der Waals surface area contributed by atoms with Gasteiger partial charge in [0.15, 0.2) is 23.2 Å². The third-order valence-corrected chi connectivity index (χ3v) is 3.13. The molecule has 19 heavy (non-hydrogen) atoms. The van der Waals surface area contributed by atoms with Gasteiger partial charge in [-0.05, 0) is 25.1 Å². The van der Waals surface area contributed by atoms with Crippen molar-refractivity contribution >= 4 is 11.3 Å². The van der Waals surface area contributed by atoms with Crippen molar-refractivity contribution in [2.45, 2.75) is 6.92 Å². The van der Waals surface area contributed by atoms with E-state index in [1.54, 1.807) is 19.1 Å². The molecule has 98 valence electrons. The Hall–Kier alpha value is -2.13. The molecule has 0 saturated carbocycles. The van der Waals surface area contributed by atoms with Gasteiger partial charge in [0.05, 0.1) is 7.11 Å². The number of nitrogens with zero attached hydrogens (tertiary/aromatic N) is 2. The van der Waals surface area contributed by atoms with Crippen LogP contribution in [0, 0.1) is 17.7 Å². The fraction of sp³-hybridized carbons (Fsp3) is 0.231. The predicted octanol–water partition coefficient (Wildman–Crippen LogP) is 2.75. The average molecular weight is 278 g/mol. The molecule has 2 aromatic rings. The van der Waals surface area contributed by atoms with Crippen LogP contribution < -0.4 is 9.47 Å². The number of aromatic nitrogens is 2. The van der Waals surface area contributed by atoms with Crippen LogP contribution in [0.25, 0.3) is 10.6 Å². The van der Waals surface area contributed by atoms with E-state index in [4.69, 9.17) is 9.47 Å². The zero-order valence-electron chi connectivity index (χ0n) is 10.4. The summed E-state index contributed by atoms with van der Waals surface area (Å²) in [7, 11) is 1.42. The normalized spacial score (nSPS) is 9.63. The quantitative estimate of drug-likeness (QED) is 0.807. The molecule has 2 rings (SSSR count). The minimum Gasteiger partial charge on any atom is -0.494 e. The molecule has 0 spiro atoms. The minimum absolute atomic E-state index is 0.197. The molecule has 0 aliphatic carbocycles. The van der Waals surface area contributed by atoms with Crippen LogP contribution in [-0.4, -0.2) is 23.9 Å². The molecular weight excluding hydrogens is 267 g/mol. The molecule has 4 nitrogen and oxygen atoms in total. The number of hydrogen-bond acceptors (Lipinski definition) is 5. The van der Waals surface area contributed by atoms with Crippen molar-refractivity contribution in [2.24, 2.45) is 0 Å². The number of benzene rings is 1. The lowest BCUT2D eigenvalue weighted by Gasteiger charge is -2.02. The Morgan fingerprint density at radius 2 is 2.21 bits per heavy atom. The number of halogens is 1. The number of rotatable bonds is 4. The van der Waals surface area contributed by atoms with Gasteiger partial charge in [0.1, 0.15) is 0 Å². The summed E-state index contributed by atoms with van der Waals surface area (Å²) in [4.78, 5) is 0. The van der Waals surface area contributed by atoms with E-state index in [0.29, 0.717) is 15.8 Å². The van der Waals surface area contributed by atoms with Gasteiger partial charge >= 0.3 is 0 Å². The fourth-order valence-corrected chi connectivity index (χ4v) is 2.05. The Morgan fingerprint density at radius 1 is 1.37 bits per heavy atom. The summed E-state index contributed by atoms with van der Waals surface area (Å²) in [5.41, 5.74) is 0.632. The summed E-state index contributed by atoms with van der Waals surface area (Å²) >= 11 is 1.24. The Labute approximate surface area is 114 Å². The third-order valence-electron chi connectivity index (χ3n) is 2.25. The second-order valence-corrected chi connectivity index (χ2v) is 4.38. The molecular formula is C13H11FN2O2S. The Morgan fingerprint density at radius 3 is 2.89 bits per heavy atom. The van der Waals surface area contributed by atoms with Crippen molar-refractivity contribution in [3.63, 3.8) is 0 Å². The van der Waals surface area contributed by atoms with E-state index in [1.807, 2.05) is 0 Å². The first-order valence-corrected chi connectivity index (χ1v) is 6.26. The van der Waals surface area contributed by atoms with Crippen LogP contribution in [0.1, 0.15) is 6.92 Å². The molecule has 0 fully saturated rings. The van der Waals surface area contributed by atoms with Crippen LogP contribution in [-0.2, 0) is 0 Å². The monoisotopic (exact) mass is 278 g/mol. The standard InChI is InChI=1S/C13H11FN2O2S/c1-3-4-7-18-13-16-15-12(19-13)9-5-6-11(17-2)10(14)8-9/h5-6,8H,7H2,1-2H3. The highest BCUT2D eigenvalue weighted by Gasteiger charge is 2.10. The van der Waals surface area contributed by atoms with E-state index in [-0.39, 0.29) is 12.4 Å². The molecule has 0 N–H and O–H groups in total. The second-order valence-electron chi connectivity index (χ2n) is 3.44. The van der Waals surface area contributed by atoms with Gasteiger partial charge < -0.3 is 9.47 Å². The summed E-state index contributed by atoms with van der Waals surface area (Å²) < 4.78 is 23.7. The van der Waals surface area contributed by atoms with Gasteiger partial charge in [-0.15, -0.1) is 11.0 Å². The summed E-state index contributed by atoms with van der Waals surface area (Å²) in [5.74, 6) is 5.24. The molecule has 1 heterocycles. The highest BCUT2D eigenvalue weighted by atomic mass is 32.1. The van der Waals surface area contributed by atoms with Crippen molar-refractivity contribution in [3.05, 3.63) is 24.0 Å². The van der Waals surface area contributed by atoms with Crippen LogP contribution >= 0.6 is 11.3 Å². The van der Waals surface area contributed by atoms with Crippen molar-refractivity contribution in [3.8, 4) is 33.4 Å². The molecule has 0 bridgehead atoms. The molecule has 0 aliphatic rings. The van der Waals surface area contributed by atoms with Crippen molar-refractivity contribution in [2.75, 3.05) is 13.7 Å². The Balaban J connectivity index is 2.17.